The monoisotopic (exact) mass is 470 g/mol. The maximum absolute atomic E-state index is 11.6. The van der Waals surface area contributed by atoms with E-state index in [2.05, 4.69) is 27.9 Å². The van der Waals surface area contributed by atoms with Crippen molar-refractivity contribution in [2.75, 3.05) is 0 Å². The SMILES string of the molecule is CC(c1ccc2[nH]c(=O)sc2c1)c1ccn(-c2ccc(Sc3nccn3C)cn2)n1.Cl. The molecule has 0 aliphatic heterocycles. The van der Waals surface area contributed by atoms with E-state index in [-0.39, 0.29) is 23.2 Å². The van der Waals surface area contributed by atoms with E-state index in [0.29, 0.717) is 0 Å². The molecule has 31 heavy (non-hydrogen) atoms. The van der Waals surface area contributed by atoms with Gasteiger partial charge in [0.2, 0.25) is 0 Å². The highest BCUT2D eigenvalue weighted by Gasteiger charge is 2.14. The number of pyridine rings is 1. The van der Waals surface area contributed by atoms with Gasteiger partial charge in [-0.3, -0.25) is 4.79 Å². The molecular formula is C21H19ClN6OS2. The minimum Gasteiger partial charge on any atom is -0.329 e. The quantitative estimate of drug-likeness (QED) is 0.405. The van der Waals surface area contributed by atoms with Crippen molar-refractivity contribution in [3.05, 3.63) is 82.1 Å². The van der Waals surface area contributed by atoms with Gasteiger partial charge in [-0.1, -0.05) is 36.1 Å². The lowest BCUT2D eigenvalue weighted by Crippen LogP contribution is -2.02. The maximum Gasteiger partial charge on any atom is 0.305 e. The fraction of sp³-hybridized carbons (Fsp3) is 0.143. The number of aromatic nitrogens is 6. The molecule has 0 bridgehead atoms. The molecule has 1 N–H and O–H groups in total. The zero-order valence-electron chi connectivity index (χ0n) is 16.7. The first kappa shape index (κ1) is 21.4. The van der Waals surface area contributed by atoms with Crippen LogP contribution in [0.5, 0.6) is 0 Å². The van der Waals surface area contributed by atoms with Crippen LogP contribution in [-0.4, -0.2) is 29.3 Å². The average molecular weight is 471 g/mol. The van der Waals surface area contributed by atoms with Crippen molar-refractivity contribution in [1.29, 1.82) is 0 Å². The minimum absolute atomic E-state index is 0. The second-order valence-electron chi connectivity index (χ2n) is 6.95. The summed E-state index contributed by atoms with van der Waals surface area (Å²) in [5, 5.41) is 5.65. The van der Waals surface area contributed by atoms with Gasteiger partial charge in [-0.15, -0.1) is 12.4 Å². The predicted octanol–water partition coefficient (Wildman–Crippen LogP) is 4.63. The largest absolute Gasteiger partial charge is 0.329 e. The normalized spacial score (nSPS) is 12.1. The zero-order valence-corrected chi connectivity index (χ0v) is 19.2. The number of nitrogens with zero attached hydrogens (tertiary/aromatic N) is 5. The first-order chi connectivity index (χ1) is 14.6. The fourth-order valence-electron chi connectivity index (χ4n) is 3.22. The van der Waals surface area contributed by atoms with Crippen molar-refractivity contribution >= 4 is 45.7 Å². The molecule has 5 rings (SSSR count). The number of hydrogen-bond acceptors (Lipinski definition) is 6. The Morgan fingerprint density at radius 3 is 2.74 bits per heavy atom. The number of benzene rings is 1. The van der Waals surface area contributed by atoms with Gasteiger partial charge in [0.05, 0.1) is 15.9 Å². The standard InChI is InChI=1S/C21H18N6OS2.ClH/c1-13(14-3-5-17-18(11-14)30-21(28)24-17)16-7-9-27(25-16)19-6-4-15(12-23-19)29-20-22-8-10-26(20)2;/h3-13H,1-2H3,(H,24,28);1H. The van der Waals surface area contributed by atoms with Crippen LogP contribution in [0.2, 0.25) is 0 Å². The lowest BCUT2D eigenvalue weighted by molar-refractivity contribution is 0.777. The summed E-state index contributed by atoms with van der Waals surface area (Å²) in [4.78, 5) is 24.3. The Morgan fingerprint density at radius 1 is 1.13 bits per heavy atom. The van der Waals surface area contributed by atoms with Gasteiger partial charge >= 0.3 is 4.87 Å². The van der Waals surface area contributed by atoms with Crippen molar-refractivity contribution in [2.45, 2.75) is 22.9 Å². The second-order valence-corrected chi connectivity index (χ2v) is 9.01. The highest BCUT2D eigenvalue weighted by atomic mass is 35.5. The highest BCUT2D eigenvalue weighted by molar-refractivity contribution is 7.99. The van der Waals surface area contributed by atoms with Crippen LogP contribution in [0.15, 0.2) is 76.0 Å². The van der Waals surface area contributed by atoms with Gasteiger partial charge in [0.15, 0.2) is 11.0 Å². The number of fused-ring (bicyclic) bond motifs is 1. The molecule has 0 fully saturated rings. The Bertz CT molecular complexity index is 1380. The molecule has 0 aliphatic rings. The topological polar surface area (TPSA) is 81.4 Å². The number of H-pyrrole nitrogens is 1. The molecular weight excluding hydrogens is 452 g/mol. The van der Waals surface area contributed by atoms with Crippen molar-refractivity contribution < 1.29 is 0 Å². The summed E-state index contributed by atoms with van der Waals surface area (Å²) < 4.78 is 4.73. The first-order valence-electron chi connectivity index (χ1n) is 9.37. The number of imidazole rings is 1. The van der Waals surface area contributed by atoms with Gasteiger partial charge in [-0.25, -0.2) is 14.6 Å². The Morgan fingerprint density at radius 2 is 2.00 bits per heavy atom. The molecule has 1 unspecified atom stereocenters. The van der Waals surface area contributed by atoms with E-state index in [1.54, 1.807) is 22.6 Å². The van der Waals surface area contributed by atoms with E-state index in [9.17, 15) is 4.79 Å². The van der Waals surface area contributed by atoms with Gasteiger partial charge in [-0.05, 0) is 35.9 Å². The van der Waals surface area contributed by atoms with Gasteiger partial charge in [0.25, 0.3) is 0 Å². The molecule has 0 spiro atoms. The summed E-state index contributed by atoms with van der Waals surface area (Å²) >= 11 is 2.80. The van der Waals surface area contributed by atoms with E-state index in [4.69, 9.17) is 5.10 Å². The second kappa shape index (κ2) is 8.70. The number of nitrogens with one attached hydrogen (secondary N) is 1. The van der Waals surface area contributed by atoms with Gasteiger partial charge in [0, 0.05) is 42.6 Å². The van der Waals surface area contributed by atoms with Crippen LogP contribution in [0.4, 0.5) is 0 Å². The summed E-state index contributed by atoms with van der Waals surface area (Å²) in [5.41, 5.74) is 2.95. The lowest BCUT2D eigenvalue weighted by Gasteiger charge is -2.09. The number of thiazole rings is 1. The predicted molar refractivity (Wildman–Crippen MR) is 126 cm³/mol. The summed E-state index contributed by atoms with van der Waals surface area (Å²) in [6.45, 7) is 2.11. The van der Waals surface area contributed by atoms with Crippen LogP contribution in [-0.2, 0) is 7.05 Å². The van der Waals surface area contributed by atoms with Gasteiger partial charge in [0.1, 0.15) is 0 Å². The summed E-state index contributed by atoms with van der Waals surface area (Å²) in [6, 6.07) is 12.0. The molecule has 1 aromatic carbocycles. The van der Waals surface area contributed by atoms with E-state index < -0.39 is 0 Å². The van der Waals surface area contributed by atoms with Gasteiger partial charge in [-0.2, -0.15) is 5.10 Å². The third kappa shape index (κ3) is 4.30. The number of rotatable bonds is 5. The molecule has 0 aliphatic carbocycles. The van der Waals surface area contributed by atoms with Crippen molar-refractivity contribution in [3.63, 3.8) is 0 Å². The van der Waals surface area contributed by atoms with Crippen molar-refractivity contribution in [2.24, 2.45) is 7.05 Å². The fourth-order valence-corrected chi connectivity index (χ4v) is 4.78. The third-order valence-corrected chi connectivity index (χ3v) is 6.84. The summed E-state index contributed by atoms with van der Waals surface area (Å²) in [6.07, 6.45) is 7.46. The van der Waals surface area contributed by atoms with Crippen LogP contribution in [0, 0.1) is 0 Å². The Hall–Kier alpha value is -2.88. The van der Waals surface area contributed by atoms with E-state index in [1.165, 1.54) is 11.3 Å². The van der Waals surface area contributed by atoms with Crippen molar-refractivity contribution in [3.8, 4) is 5.82 Å². The smallest absolute Gasteiger partial charge is 0.305 e. The first-order valence-corrected chi connectivity index (χ1v) is 11.0. The molecule has 4 heterocycles. The molecule has 158 valence electrons. The summed E-state index contributed by atoms with van der Waals surface area (Å²) in [7, 11) is 1.97. The number of aromatic amines is 1. The van der Waals surface area contributed by atoms with Crippen LogP contribution < -0.4 is 4.87 Å². The Balaban J connectivity index is 0.00000231. The minimum atomic E-state index is -0.0327. The van der Waals surface area contributed by atoms with E-state index in [1.807, 2.05) is 60.5 Å². The van der Waals surface area contributed by atoms with Gasteiger partial charge < -0.3 is 9.55 Å². The van der Waals surface area contributed by atoms with E-state index in [0.717, 1.165) is 37.3 Å². The number of aryl methyl sites for hydroxylation is 1. The van der Waals surface area contributed by atoms with Crippen LogP contribution in [0.1, 0.15) is 24.1 Å². The van der Waals surface area contributed by atoms with E-state index >= 15 is 0 Å². The third-order valence-electron chi connectivity index (χ3n) is 4.94. The lowest BCUT2D eigenvalue weighted by atomic mass is 9.98. The summed E-state index contributed by atoms with van der Waals surface area (Å²) in [5.74, 6) is 0.864. The average Bonchev–Trinajstić information content (AvgIpc) is 3.47. The molecule has 10 heteroatoms. The maximum atomic E-state index is 11.6. The molecule has 7 nitrogen and oxygen atoms in total. The molecule has 1 atom stereocenters. The van der Waals surface area contributed by atoms with Crippen molar-refractivity contribution in [1.82, 2.24) is 29.3 Å². The highest BCUT2D eigenvalue weighted by Crippen LogP contribution is 2.28. The Kier molecular flexibility index (Phi) is 5.99. The molecule has 4 aromatic heterocycles. The molecule has 0 saturated carbocycles. The number of halogens is 1. The number of hydrogen-bond donors (Lipinski definition) is 1. The van der Waals surface area contributed by atoms with Crippen LogP contribution >= 0.6 is 35.5 Å². The molecule has 0 amide bonds. The van der Waals surface area contributed by atoms with Crippen LogP contribution in [0.3, 0.4) is 0 Å². The Labute approximate surface area is 192 Å². The molecule has 5 aromatic rings. The molecule has 0 saturated heterocycles. The molecule has 0 radical (unpaired) electrons. The van der Waals surface area contributed by atoms with Crippen LogP contribution in [0.25, 0.3) is 16.0 Å². The zero-order chi connectivity index (χ0) is 20.7.